The van der Waals surface area contributed by atoms with E-state index in [0.717, 1.165) is 0 Å². The first kappa shape index (κ1) is 19.8. The molecule has 0 fully saturated rings. The maximum absolute atomic E-state index is 12.1. The van der Waals surface area contributed by atoms with Crippen LogP contribution in [0.25, 0.3) is 6.08 Å². The van der Waals surface area contributed by atoms with Gasteiger partial charge in [-0.2, -0.15) is 5.10 Å². The monoisotopic (exact) mass is 371 g/mol. The number of allylic oxidation sites excluding steroid dienone is 1. The molecule has 2 amide bonds. The Bertz CT molecular complexity index is 841. The summed E-state index contributed by atoms with van der Waals surface area (Å²) in [4.78, 5) is 24.0. The maximum atomic E-state index is 12.1. The predicted molar refractivity (Wildman–Crippen MR) is 101 cm³/mol. The molecule has 8 nitrogen and oxygen atoms in total. The number of carbonyl (C=O) groups excluding carboxylic acids is 2. The maximum Gasteiger partial charge on any atom is 0.259 e. The average Bonchev–Trinajstić information content (AvgIpc) is 3.21. The van der Waals surface area contributed by atoms with Gasteiger partial charge in [-0.05, 0) is 49.4 Å². The largest absolute Gasteiger partial charge is 0.493 e. The van der Waals surface area contributed by atoms with Crippen LogP contribution in [0.15, 0.2) is 52.2 Å². The van der Waals surface area contributed by atoms with Crippen LogP contribution in [0.1, 0.15) is 23.0 Å². The Morgan fingerprint density at radius 2 is 1.96 bits per heavy atom. The lowest BCUT2D eigenvalue weighted by Crippen LogP contribution is -2.35. The SMILES string of the molecule is COc1ccc(C(=O)NCC(=O)N/N=C(C)/C=C/c2ccco2)cc1OC. The second kappa shape index (κ2) is 9.81. The van der Waals surface area contributed by atoms with Crippen LogP contribution in [0.5, 0.6) is 11.5 Å². The van der Waals surface area contributed by atoms with Gasteiger partial charge in [0, 0.05) is 5.56 Å². The van der Waals surface area contributed by atoms with Crippen molar-refractivity contribution in [2.75, 3.05) is 20.8 Å². The molecule has 2 N–H and O–H groups in total. The van der Waals surface area contributed by atoms with Gasteiger partial charge in [0.25, 0.3) is 11.8 Å². The van der Waals surface area contributed by atoms with Crippen molar-refractivity contribution in [1.82, 2.24) is 10.7 Å². The van der Waals surface area contributed by atoms with E-state index >= 15 is 0 Å². The summed E-state index contributed by atoms with van der Waals surface area (Å²) in [5.41, 5.74) is 3.29. The molecule has 1 heterocycles. The molecule has 0 aliphatic carbocycles. The van der Waals surface area contributed by atoms with Gasteiger partial charge >= 0.3 is 0 Å². The fraction of sp³-hybridized carbons (Fsp3) is 0.211. The van der Waals surface area contributed by atoms with Gasteiger partial charge in [0.1, 0.15) is 5.76 Å². The summed E-state index contributed by atoms with van der Waals surface area (Å²) in [6, 6.07) is 8.30. The number of nitrogens with zero attached hydrogens (tertiary/aromatic N) is 1. The summed E-state index contributed by atoms with van der Waals surface area (Å²) in [6.07, 6.45) is 4.99. The van der Waals surface area contributed by atoms with Gasteiger partial charge in [0.05, 0.1) is 32.7 Å². The Morgan fingerprint density at radius 1 is 1.19 bits per heavy atom. The third kappa shape index (κ3) is 6.03. The van der Waals surface area contributed by atoms with Gasteiger partial charge in [-0.1, -0.05) is 0 Å². The highest BCUT2D eigenvalue weighted by Gasteiger charge is 2.11. The molecule has 142 valence electrons. The lowest BCUT2D eigenvalue weighted by Gasteiger charge is -2.09. The molecule has 2 aromatic rings. The molecule has 27 heavy (non-hydrogen) atoms. The fourth-order valence-electron chi connectivity index (χ4n) is 2.06. The molecule has 0 aliphatic rings. The summed E-state index contributed by atoms with van der Waals surface area (Å²) in [5, 5.41) is 6.44. The van der Waals surface area contributed by atoms with Gasteiger partial charge in [0.2, 0.25) is 0 Å². The minimum absolute atomic E-state index is 0.216. The van der Waals surface area contributed by atoms with Gasteiger partial charge in [-0.25, -0.2) is 5.43 Å². The van der Waals surface area contributed by atoms with E-state index < -0.39 is 11.8 Å². The van der Waals surface area contributed by atoms with Crippen LogP contribution in [0, 0.1) is 0 Å². The Hall–Kier alpha value is -3.55. The van der Waals surface area contributed by atoms with E-state index in [2.05, 4.69) is 15.8 Å². The summed E-state index contributed by atoms with van der Waals surface area (Å²) in [6.45, 7) is 1.51. The fourth-order valence-corrected chi connectivity index (χ4v) is 2.06. The molecular weight excluding hydrogens is 350 g/mol. The summed E-state index contributed by atoms with van der Waals surface area (Å²) in [5.74, 6) is 0.759. The average molecular weight is 371 g/mol. The van der Waals surface area contributed by atoms with E-state index in [0.29, 0.717) is 28.5 Å². The number of hydrogen-bond acceptors (Lipinski definition) is 6. The van der Waals surface area contributed by atoms with E-state index in [1.165, 1.54) is 20.3 Å². The summed E-state index contributed by atoms with van der Waals surface area (Å²) >= 11 is 0. The van der Waals surface area contributed by atoms with Gasteiger partial charge < -0.3 is 19.2 Å². The van der Waals surface area contributed by atoms with E-state index in [-0.39, 0.29) is 6.54 Å². The molecule has 0 aliphatic heterocycles. The highest BCUT2D eigenvalue weighted by Crippen LogP contribution is 2.27. The second-order valence-corrected chi connectivity index (χ2v) is 5.39. The number of amides is 2. The number of benzene rings is 1. The third-order valence-corrected chi connectivity index (χ3v) is 3.44. The number of ether oxygens (including phenoxy) is 2. The molecule has 1 aromatic carbocycles. The van der Waals surface area contributed by atoms with Crippen molar-refractivity contribution in [3.8, 4) is 11.5 Å². The molecular formula is C19H21N3O5. The van der Waals surface area contributed by atoms with Crippen LogP contribution in [-0.2, 0) is 4.79 Å². The van der Waals surface area contributed by atoms with Crippen molar-refractivity contribution in [3.63, 3.8) is 0 Å². The van der Waals surface area contributed by atoms with Gasteiger partial charge in [-0.15, -0.1) is 0 Å². The zero-order chi connectivity index (χ0) is 19.6. The number of hydrogen-bond donors (Lipinski definition) is 2. The van der Waals surface area contributed by atoms with Crippen LogP contribution in [0.3, 0.4) is 0 Å². The quantitative estimate of drug-likeness (QED) is 0.547. The molecule has 0 radical (unpaired) electrons. The normalized spacial score (nSPS) is 11.3. The van der Waals surface area contributed by atoms with Crippen LogP contribution in [0.2, 0.25) is 0 Å². The molecule has 0 saturated heterocycles. The van der Waals surface area contributed by atoms with Crippen molar-refractivity contribution in [2.24, 2.45) is 5.10 Å². The van der Waals surface area contributed by atoms with Crippen LogP contribution >= 0.6 is 0 Å². The molecule has 8 heteroatoms. The van der Waals surface area contributed by atoms with Crippen LogP contribution in [-0.4, -0.2) is 38.3 Å². The molecule has 2 rings (SSSR count). The molecule has 0 bridgehead atoms. The van der Waals surface area contributed by atoms with E-state index in [1.807, 2.05) is 0 Å². The molecule has 0 unspecified atom stereocenters. The molecule has 0 atom stereocenters. The Labute approximate surface area is 156 Å². The first-order chi connectivity index (χ1) is 13.0. The lowest BCUT2D eigenvalue weighted by atomic mass is 10.2. The standard InChI is InChI=1S/C19H21N3O5/c1-13(6-8-15-5-4-10-27-15)21-22-18(23)12-20-19(24)14-7-9-16(25-2)17(11-14)26-3/h4-11H,12H2,1-3H3,(H,20,24)(H,22,23)/b8-6+,21-13+. The highest BCUT2D eigenvalue weighted by molar-refractivity contribution is 5.98. The van der Waals surface area contributed by atoms with E-state index in [4.69, 9.17) is 13.9 Å². The number of hydrazone groups is 1. The number of nitrogens with one attached hydrogen (secondary N) is 2. The van der Waals surface area contributed by atoms with Gasteiger partial charge in [-0.3, -0.25) is 9.59 Å². The topological polar surface area (TPSA) is 102 Å². The van der Waals surface area contributed by atoms with E-state index in [9.17, 15) is 9.59 Å². The Kier molecular flexibility index (Phi) is 7.18. The number of furan rings is 1. The molecule has 0 saturated carbocycles. The predicted octanol–water partition coefficient (Wildman–Crippen LogP) is 2.23. The number of methoxy groups -OCH3 is 2. The number of rotatable bonds is 8. The number of carbonyl (C=O) groups is 2. The first-order valence-corrected chi connectivity index (χ1v) is 8.08. The first-order valence-electron chi connectivity index (χ1n) is 8.08. The zero-order valence-electron chi connectivity index (χ0n) is 15.3. The van der Waals surface area contributed by atoms with Crippen molar-refractivity contribution in [2.45, 2.75) is 6.92 Å². The third-order valence-electron chi connectivity index (χ3n) is 3.44. The van der Waals surface area contributed by atoms with Gasteiger partial charge in [0.15, 0.2) is 11.5 Å². The van der Waals surface area contributed by atoms with Crippen molar-refractivity contribution in [1.29, 1.82) is 0 Å². The Balaban J connectivity index is 1.84. The zero-order valence-corrected chi connectivity index (χ0v) is 15.3. The summed E-state index contributed by atoms with van der Waals surface area (Å²) < 4.78 is 15.4. The summed E-state index contributed by atoms with van der Waals surface area (Å²) in [7, 11) is 2.99. The van der Waals surface area contributed by atoms with E-state index in [1.54, 1.807) is 49.6 Å². The minimum Gasteiger partial charge on any atom is -0.493 e. The molecule has 1 aromatic heterocycles. The van der Waals surface area contributed by atoms with Crippen molar-refractivity contribution in [3.05, 3.63) is 54.0 Å². The highest BCUT2D eigenvalue weighted by atomic mass is 16.5. The minimum atomic E-state index is -0.449. The second-order valence-electron chi connectivity index (χ2n) is 5.39. The molecule has 0 spiro atoms. The lowest BCUT2D eigenvalue weighted by molar-refractivity contribution is -0.120. The Morgan fingerprint density at radius 3 is 2.63 bits per heavy atom. The van der Waals surface area contributed by atoms with Crippen molar-refractivity contribution >= 4 is 23.6 Å². The van der Waals surface area contributed by atoms with Crippen molar-refractivity contribution < 1.29 is 23.5 Å². The van der Waals surface area contributed by atoms with Crippen LogP contribution in [0.4, 0.5) is 0 Å². The smallest absolute Gasteiger partial charge is 0.259 e. The van der Waals surface area contributed by atoms with Crippen LogP contribution < -0.4 is 20.2 Å².